The molecule has 1 N–H and O–H groups in total. The maximum Gasteiger partial charge on any atom is 0.373 e. The number of carbonyl (C=O) groups excluding carboxylic acids is 1. The molecule has 1 atom stereocenters. The Bertz CT molecular complexity index is 953. The molecule has 0 bridgehead atoms. The summed E-state index contributed by atoms with van der Waals surface area (Å²) in [6.07, 6.45) is 0. The smallest absolute Gasteiger partial charge is 0.373 e. The molecule has 0 radical (unpaired) electrons. The zero-order valence-electron chi connectivity index (χ0n) is 16.1. The highest BCUT2D eigenvalue weighted by molar-refractivity contribution is 7.98. The first kappa shape index (κ1) is 20.1. The van der Waals surface area contributed by atoms with Crippen molar-refractivity contribution >= 4 is 17.7 Å². The number of hydrogen-bond acceptors (Lipinski definition) is 6. The molecule has 28 heavy (non-hydrogen) atoms. The molecule has 9 heteroatoms. The predicted octanol–water partition coefficient (Wildman–Crippen LogP) is 2.28. The van der Waals surface area contributed by atoms with E-state index in [-0.39, 0.29) is 17.6 Å². The van der Waals surface area contributed by atoms with Crippen LogP contribution >= 0.6 is 11.8 Å². The number of nitrogens with zero attached hydrogens (tertiary/aromatic N) is 3. The van der Waals surface area contributed by atoms with Gasteiger partial charge in [0.25, 0.3) is 0 Å². The molecule has 2 aromatic heterocycles. The molecule has 0 saturated heterocycles. The van der Waals surface area contributed by atoms with Crippen molar-refractivity contribution in [3.05, 3.63) is 59.6 Å². The molecular formula is C19H22FN4O3S+. The van der Waals surface area contributed by atoms with Crippen LogP contribution in [0.15, 0.2) is 46.0 Å². The van der Waals surface area contributed by atoms with Crippen LogP contribution in [0.5, 0.6) is 0 Å². The van der Waals surface area contributed by atoms with Crippen molar-refractivity contribution in [3.8, 4) is 5.69 Å². The van der Waals surface area contributed by atoms with Gasteiger partial charge in [0.2, 0.25) is 5.76 Å². The fourth-order valence-corrected chi connectivity index (χ4v) is 3.40. The lowest BCUT2D eigenvalue weighted by Gasteiger charge is -2.18. The van der Waals surface area contributed by atoms with Crippen LogP contribution in [0.25, 0.3) is 5.69 Å². The van der Waals surface area contributed by atoms with Gasteiger partial charge in [-0.1, -0.05) is 11.8 Å². The van der Waals surface area contributed by atoms with Crippen LogP contribution in [0.4, 0.5) is 4.39 Å². The van der Waals surface area contributed by atoms with E-state index in [1.54, 1.807) is 24.3 Å². The van der Waals surface area contributed by atoms with Crippen molar-refractivity contribution in [1.82, 2.24) is 14.8 Å². The third kappa shape index (κ3) is 4.26. The van der Waals surface area contributed by atoms with Crippen molar-refractivity contribution < 1.29 is 23.2 Å². The molecule has 0 fully saturated rings. The monoisotopic (exact) mass is 405 g/mol. The van der Waals surface area contributed by atoms with Crippen molar-refractivity contribution in [3.63, 3.8) is 0 Å². The third-order valence-electron chi connectivity index (χ3n) is 4.39. The van der Waals surface area contributed by atoms with E-state index in [4.69, 9.17) is 4.42 Å². The molecule has 0 aliphatic heterocycles. The van der Waals surface area contributed by atoms with E-state index in [9.17, 15) is 9.18 Å². The number of nitrogens with one attached hydrogen (secondary N) is 1. The fraction of sp³-hybridized carbons (Fsp3) is 0.316. The lowest BCUT2D eigenvalue weighted by atomic mass is 10.2. The van der Waals surface area contributed by atoms with Crippen LogP contribution in [0.2, 0.25) is 0 Å². The van der Waals surface area contributed by atoms with Crippen LogP contribution in [-0.4, -0.2) is 41.9 Å². The standard InChI is InChI=1S/C19H21FN4O3S/c1-12(23(2)3)17-21-22-19(24(17)14-7-5-13(20)6-8-14)28-11-15-9-10-16(27-15)18(25)26-4/h5-10,12H,11H2,1-4H3/p+1/t12-/m1/s1. The summed E-state index contributed by atoms with van der Waals surface area (Å²) in [5.41, 5.74) is 0.784. The molecule has 3 rings (SSSR count). The molecule has 148 valence electrons. The Hall–Kier alpha value is -2.65. The Kier molecular flexibility index (Phi) is 6.15. The number of aromatic nitrogens is 3. The number of halogens is 1. The molecule has 0 unspecified atom stereocenters. The summed E-state index contributed by atoms with van der Waals surface area (Å²) < 4.78 is 25.5. The van der Waals surface area contributed by atoms with Crippen molar-refractivity contribution in [2.45, 2.75) is 23.9 Å². The molecule has 0 amide bonds. The van der Waals surface area contributed by atoms with Crippen LogP contribution in [0, 0.1) is 5.82 Å². The van der Waals surface area contributed by atoms with Gasteiger partial charge in [0.1, 0.15) is 17.6 Å². The summed E-state index contributed by atoms with van der Waals surface area (Å²) in [5, 5.41) is 9.35. The Morgan fingerprint density at radius 1 is 1.25 bits per heavy atom. The van der Waals surface area contributed by atoms with Crippen LogP contribution in [0.1, 0.15) is 35.1 Å². The highest BCUT2D eigenvalue weighted by atomic mass is 32.2. The first-order chi connectivity index (χ1) is 13.4. The number of methoxy groups -OCH3 is 1. The average Bonchev–Trinajstić information content (AvgIpc) is 3.32. The first-order valence-corrected chi connectivity index (χ1v) is 9.70. The molecule has 7 nitrogen and oxygen atoms in total. The van der Waals surface area contributed by atoms with E-state index in [1.807, 2.05) is 18.7 Å². The molecule has 1 aromatic carbocycles. The quantitative estimate of drug-likeness (QED) is 0.480. The lowest BCUT2D eigenvalue weighted by Crippen LogP contribution is -3.05. The molecular weight excluding hydrogens is 383 g/mol. The maximum absolute atomic E-state index is 13.4. The second kappa shape index (κ2) is 8.57. The molecule has 0 spiro atoms. The van der Waals surface area contributed by atoms with Gasteiger partial charge >= 0.3 is 5.97 Å². The summed E-state index contributed by atoms with van der Waals surface area (Å²) >= 11 is 1.42. The number of rotatable bonds is 7. The summed E-state index contributed by atoms with van der Waals surface area (Å²) in [5.74, 6) is 1.19. The maximum atomic E-state index is 13.4. The van der Waals surface area contributed by atoms with E-state index >= 15 is 0 Å². The van der Waals surface area contributed by atoms with Gasteiger partial charge in [-0.25, -0.2) is 9.18 Å². The molecule has 2 heterocycles. The highest BCUT2D eigenvalue weighted by Gasteiger charge is 2.24. The zero-order valence-corrected chi connectivity index (χ0v) is 16.9. The van der Waals surface area contributed by atoms with Crippen LogP contribution < -0.4 is 4.90 Å². The van der Waals surface area contributed by atoms with Gasteiger partial charge in [0.15, 0.2) is 11.0 Å². The SMILES string of the molecule is COC(=O)c1ccc(CSc2nnc([C@@H](C)[NH+](C)C)n2-c2ccc(F)cc2)o1. The second-order valence-electron chi connectivity index (χ2n) is 6.50. The zero-order chi connectivity index (χ0) is 20.3. The van der Waals surface area contributed by atoms with E-state index in [0.29, 0.717) is 16.7 Å². The van der Waals surface area contributed by atoms with Gasteiger partial charge in [-0.3, -0.25) is 4.57 Å². The number of ether oxygens (including phenoxy) is 1. The number of quaternary nitrogens is 1. The minimum atomic E-state index is -0.518. The normalized spacial score (nSPS) is 12.4. The summed E-state index contributed by atoms with van der Waals surface area (Å²) in [7, 11) is 5.39. The minimum absolute atomic E-state index is 0.0847. The van der Waals surface area contributed by atoms with Gasteiger partial charge in [-0.2, -0.15) is 0 Å². The topological polar surface area (TPSA) is 74.6 Å². The van der Waals surface area contributed by atoms with E-state index in [2.05, 4.69) is 21.9 Å². The molecule has 0 aliphatic rings. The van der Waals surface area contributed by atoms with Crippen molar-refractivity contribution in [2.75, 3.05) is 21.2 Å². The number of benzene rings is 1. The van der Waals surface area contributed by atoms with E-state index in [1.165, 1.54) is 35.9 Å². The molecule has 0 aliphatic carbocycles. The van der Waals surface area contributed by atoms with Crippen molar-refractivity contribution in [1.29, 1.82) is 0 Å². The molecule has 0 saturated carbocycles. The van der Waals surface area contributed by atoms with Gasteiger partial charge in [-0.05, 0) is 43.3 Å². The number of esters is 1. The largest absolute Gasteiger partial charge is 0.463 e. The summed E-state index contributed by atoms with van der Waals surface area (Å²) in [6, 6.07) is 9.62. The summed E-state index contributed by atoms with van der Waals surface area (Å²) in [4.78, 5) is 12.7. The Labute approximate surface area is 166 Å². The average molecular weight is 405 g/mol. The summed E-state index contributed by atoms with van der Waals surface area (Å²) in [6.45, 7) is 2.06. The van der Waals surface area contributed by atoms with Crippen LogP contribution in [0.3, 0.4) is 0 Å². The van der Waals surface area contributed by atoms with Crippen LogP contribution in [-0.2, 0) is 10.5 Å². The fourth-order valence-electron chi connectivity index (χ4n) is 2.55. The van der Waals surface area contributed by atoms with Gasteiger partial charge < -0.3 is 14.1 Å². The van der Waals surface area contributed by atoms with E-state index < -0.39 is 5.97 Å². The van der Waals surface area contributed by atoms with Gasteiger partial charge in [-0.15, -0.1) is 10.2 Å². The second-order valence-corrected chi connectivity index (χ2v) is 7.44. The first-order valence-electron chi connectivity index (χ1n) is 8.71. The van der Waals surface area contributed by atoms with Gasteiger partial charge in [0.05, 0.1) is 27.0 Å². The molecule has 3 aromatic rings. The number of furan rings is 1. The highest BCUT2D eigenvalue weighted by Crippen LogP contribution is 2.27. The lowest BCUT2D eigenvalue weighted by molar-refractivity contribution is -0.890. The predicted molar refractivity (Wildman–Crippen MR) is 102 cm³/mol. The number of hydrogen-bond donors (Lipinski definition) is 1. The Balaban J connectivity index is 1.89. The van der Waals surface area contributed by atoms with E-state index in [0.717, 1.165) is 11.5 Å². The Morgan fingerprint density at radius 3 is 2.61 bits per heavy atom. The number of thioether (sulfide) groups is 1. The third-order valence-corrected chi connectivity index (χ3v) is 5.34. The Morgan fingerprint density at radius 2 is 1.96 bits per heavy atom. The minimum Gasteiger partial charge on any atom is -0.463 e. The van der Waals surface area contributed by atoms with Gasteiger partial charge in [0, 0.05) is 5.69 Å². The number of carbonyl (C=O) groups is 1. The van der Waals surface area contributed by atoms with Crippen molar-refractivity contribution in [2.24, 2.45) is 0 Å².